The first kappa shape index (κ1) is 15.6. The van der Waals surface area contributed by atoms with Crippen molar-refractivity contribution in [2.24, 2.45) is 0 Å². The second-order valence-electron chi connectivity index (χ2n) is 4.56. The molecule has 116 valence electrons. The van der Waals surface area contributed by atoms with E-state index in [1.807, 2.05) is 6.92 Å². The summed E-state index contributed by atoms with van der Waals surface area (Å²) in [6.07, 6.45) is 3.01. The number of hydrogen-bond acceptors (Lipinski definition) is 6. The van der Waals surface area contributed by atoms with Crippen molar-refractivity contribution in [3.8, 4) is 0 Å². The third kappa shape index (κ3) is 3.66. The second-order valence-corrected chi connectivity index (χ2v) is 4.56. The molecule has 22 heavy (non-hydrogen) atoms. The van der Waals surface area contributed by atoms with Crippen LogP contribution in [-0.4, -0.2) is 21.4 Å². The second kappa shape index (κ2) is 7.30. The molecule has 0 aliphatic rings. The van der Waals surface area contributed by atoms with Crippen molar-refractivity contribution in [2.75, 3.05) is 17.2 Å². The smallest absolute Gasteiger partial charge is 0.353 e. The van der Waals surface area contributed by atoms with E-state index in [0.29, 0.717) is 6.54 Å². The Kier molecular flexibility index (Phi) is 5.18. The molecule has 0 aliphatic carbocycles. The van der Waals surface area contributed by atoms with E-state index in [1.54, 1.807) is 6.07 Å². The predicted octanol–water partition coefficient (Wildman–Crippen LogP) is 3.48. The maximum atomic E-state index is 13.7. The van der Waals surface area contributed by atoms with Gasteiger partial charge in [0.1, 0.15) is 12.1 Å². The minimum absolute atomic E-state index is 0.0518. The highest BCUT2D eigenvalue weighted by atomic mass is 19.1. The summed E-state index contributed by atoms with van der Waals surface area (Å²) in [5.41, 5.74) is -0.189. The standard InChI is InChI=1S/C14H16FN5O2/c1-2-3-8-16-13-12(20(21)22)14(18-9-17-13)19-11-7-5-4-6-10(11)15/h4-7,9H,2-3,8H2,1H3,(H2,16,17,18,19). The Morgan fingerprint density at radius 3 is 2.68 bits per heavy atom. The van der Waals surface area contributed by atoms with Crippen LogP contribution < -0.4 is 10.6 Å². The topological polar surface area (TPSA) is 93.0 Å². The Labute approximate surface area is 126 Å². The highest BCUT2D eigenvalue weighted by Gasteiger charge is 2.23. The number of nitrogens with one attached hydrogen (secondary N) is 2. The van der Waals surface area contributed by atoms with Crippen molar-refractivity contribution in [1.29, 1.82) is 0 Å². The zero-order chi connectivity index (χ0) is 15.9. The molecule has 8 heteroatoms. The van der Waals surface area contributed by atoms with Crippen LogP contribution in [0.3, 0.4) is 0 Å². The monoisotopic (exact) mass is 305 g/mol. The lowest BCUT2D eigenvalue weighted by atomic mass is 10.3. The zero-order valence-corrected chi connectivity index (χ0v) is 12.0. The van der Waals surface area contributed by atoms with E-state index in [1.165, 1.54) is 24.5 Å². The first-order valence-electron chi connectivity index (χ1n) is 6.88. The molecule has 0 amide bonds. The summed E-state index contributed by atoms with van der Waals surface area (Å²) in [4.78, 5) is 18.5. The molecule has 1 aromatic carbocycles. The fourth-order valence-corrected chi connectivity index (χ4v) is 1.85. The number of aromatic nitrogens is 2. The van der Waals surface area contributed by atoms with Gasteiger partial charge in [0.15, 0.2) is 0 Å². The summed E-state index contributed by atoms with van der Waals surface area (Å²) in [5.74, 6) is -0.452. The lowest BCUT2D eigenvalue weighted by molar-refractivity contribution is -0.383. The Morgan fingerprint density at radius 2 is 2.00 bits per heavy atom. The first-order chi connectivity index (χ1) is 10.6. The number of nitrogens with zero attached hydrogens (tertiary/aromatic N) is 3. The van der Waals surface area contributed by atoms with Gasteiger partial charge in [-0.05, 0) is 18.6 Å². The summed E-state index contributed by atoms with van der Waals surface area (Å²) in [7, 11) is 0. The van der Waals surface area contributed by atoms with Gasteiger partial charge in [0.25, 0.3) is 0 Å². The van der Waals surface area contributed by atoms with Crippen LogP contribution in [0.2, 0.25) is 0 Å². The van der Waals surface area contributed by atoms with Crippen LogP contribution in [0, 0.1) is 15.9 Å². The van der Waals surface area contributed by atoms with Crippen molar-refractivity contribution in [1.82, 2.24) is 9.97 Å². The van der Waals surface area contributed by atoms with E-state index in [0.717, 1.165) is 12.8 Å². The van der Waals surface area contributed by atoms with Gasteiger partial charge in [-0.25, -0.2) is 14.4 Å². The van der Waals surface area contributed by atoms with E-state index < -0.39 is 10.7 Å². The Balaban J connectivity index is 2.32. The van der Waals surface area contributed by atoms with Gasteiger partial charge < -0.3 is 10.6 Å². The van der Waals surface area contributed by atoms with Gasteiger partial charge in [0, 0.05) is 6.54 Å². The molecule has 1 heterocycles. The van der Waals surface area contributed by atoms with E-state index in [-0.39, 0.29) is 23.0 Å². The summed E-state index contributed by atoms with van der Waals surface area (Å²) in [6.45, 7) is 2.58. The Bertz CT molecular complexity index is 665. The van der Waals surface area contributed by atoms with Crippen LogP contribution in [0.25, 0.3) is 0 Å². The summed E-state index contributed by atoms with van der Waals surface area (Å²) >= 11 is 0. The van der Waals surface area contributed by atoms with Gasteiger partial charge >= 0.3 is 5.69 Å². The maximum Gasteiger partial charge on any atom is 0.353 e. The van der Waals surface area contributed by atoms with Crippen LogP contribution in [0.5, 0.6) is 0 Å². The van der Waals surface area contributed by atoms with Crippen LogP contribution in [0.4, 0.5) is 27.4 Å². The molecule has 0 radical (unpaired) electrons. The molecule has 0 bridgehead atoms. The third-order valence-corrected chi connectivity index (χ3v) is 2.95. The number of para-hydroxylation sites is 1. The van der Waals surface area contributed by atoms with Gasteiger partial charge in [0.2, 0.25) is 11.6 Å². The largest absolute Gasteiger partial charge is 0.364 e. The number of nitro groups is 1. The molecule has 2 N–H and O–H groups in total. The molecule has 0 saturated heterocycles. The molecule has 1 aromatic heterocycles. The first-order valence-corrected chi connectivity index (χ1v) is 6.88. The van der Waals surface area contributed by atoms with Gasteiger partial charge in [-0.1, -0.05) is 25.5 Å². The number of anilines is 3. The van der Waals surface area contributed by atoms with Gasteiger partial charge in [-0.15, -0.1) is 0 Å². The number of benzene rings is 1. The van der Waals surface area contributed by atoms with Crippen LogP contribution >= 0.6 is 0 Å². The number of halogens is 1. The van der Waals surface area contributed by atoms with Crippen molar-refractivity contribution in [3.63, 3.8) is 0 Å². The summed E-state index contributed by atoms with van der Waals surface area (Å²) in [6, 6.07) is 5.90. The molecule has 0 aliphatic heterocycles. The quantitative estimate of drug-likeness (QED) is 0.462. The average molecular weight is 305 g/mol. The van der Waals surface area contributed by atoms with Gasteiger partial charge in [0.05, 0.1) is 10.6 Å². The molecule has 0 saturated carbocycles. The van der Waals surface area contributed by atoms with Crippen LogP contribution in [0.15, 0.2) is 30.6 Å². The van der Waals surface area contributed by atoms with Crippen LogP contribution in [0.1, 0.15) is 19.8 Å². The highest BCUT2D eigenvalue weighted by molar-refractivity contribution is 5.73. The van der Waals surface area contributed by atoms with Gasteiger partial charge in [-0.3, -0.25) is 10.1 Å². The Hall–Kier alpha value is -2.77. The molecule has 2 rings (SSSR count). The number of hydrogen-bond donors (Lipinski definition) is 2. The predicted molar refractivity (Wildman–Crippen MR) is 81.8 cm³/mol. The molecular formula is C14H16FN5O2. The lowest BCUT2D eigenvalue weighted by Crippen LogP contribution is -2.09. The molecular weight excluding hydrogens is 289 g/mol. The molecule has 7 nitrogen and oxygen atoms in total. The molecule has 0 spiro atoms. The number of rotatable bonds is 7. The molecule has 0 unspecified atom stereocenters. The zero-order valence-electron chi connectivity index (χ0n) is 12.0. The minimum atomic E-state index is -0.586. The van der Waals surface area contributed by atoms with E-state index in [2.05, 4.69) is 20.6 Å². The Morgan fingerprint density at radius 1 is 1.27 bits per heavy atom. The summed E-state index contributed by atoms with van der Waals surface area (Å²) < 4.78 is 13.7. The van der Waals surface area contributed by atoms with E-state index in [9.17, 15) is 14.5 Å². The molecule has 0 atom stereocenters. The highest BCUT2D eigenvalue weighted by Crippen LogP contribution is 2.31. The van der Waals surface area contributed by atoms with Crippen molar-refractivity contribution in [3.05, 3.63) is 46.5 Å². The summed E-state index contributed by atoms with van der Waals surface area (Å²) in [5, 5.41) is 16.9. The number of unbranched alkanes of at least 4 members (excludes halogenated alkanes) is 1. The maximum absolute atomic E-state index is 13.7. The van der Waals surface area contributed by atoms with Crippen LogP contribution in [-0.2, 0) is 0 Å². The lowest BCUT2D eigenvalue weighted by Gasteiger charge is -2.10. The fourth-order valence-electron chi connectivity index (χ4n) is 1.85. The van der Waals surface area contributed by atoms with Gasteiger partial charge in [-0.2, -0.15) is 0 Å². The van der Waals surface area contributed by atoms with E-state index >= 15 is 0 Å². The SMILES string of the molecule is CCCCNc1ncnc(Nc2ccccc2F)c1[N+](=O)[O-]. The molecule has 2 aromatic rings. The fraction of sp³-hybridized carbons (Fsp3) is 0.286. The molecule has 0 fully saturated rings. The third-order valence-electron chi connectivity index (χ3n) is 2.95. The average Bonchev–Trinajstić information content (AvgIpc) is 2.50. The normalized spacial score (nSPS) is 10.3. The van der Waals surface area contributed by atoms with Crippen molar-refractivity contribution < 1.29 is 9.31 Å². The van der Waals surface area contributed by atoms with E-state index in [4.69, 9.17) is 0 Å². The van der Waals surface area contributed by atoms with Crippen molar-refractivity contribution in [2.45, 2.75) is 19.8 Å². The minimum Gasteiger partial charge on any atom is -0.364 e. The van der Waals surface area contributed by atoms with Crippen molar-refractivity contribution >= 4 is 23.0 Å².